The van der Waals surface area contributed by atoms with Crippen LogP contribution in [0.4, 0.5) is 4.79 Å². The zero-order valence-electron chi connectivity index (χ0n) is 11.2. The van der Waals surface area contributed by atoms with Crippen molar-refractivity contribution >= 4 is 29.6 Å². The van der Waals surface area contributed by atoms with Crippen LogP contribution >= 0.6 is 11.6 Å². The lowest BCUT2D eigenvalue weighted by Gasteiger charge is -2.22. The summed E-state index contributed by atoms with van der Waals surface area (Å²) in [6.07, 6.45) is 0. The summed E-state index contributed by atoms with van der Waals surface area (Å²) in [5.74, 6) is -2.57. The van der Waals surface area contributed by atoms with Gasteiger partial charge in [-0.2, -0.15) is 0 Å². The second-order valence-corrected chi connectivity index (χ2v) is 4.80. The van der Waals surface area contributed by atoms with E-state index in [1.165, 1.54) is 0 Å². The first-order valence-corrected chi connectivity index (χ1v) is 6.42. The molecular weight excluding hydrogens is 300 g/mol. The first-order chi connectivity index (χ1) is 9.79. The number of benzene rings is 1. The van der Waals surface area contributed by atoms with E-state index in [4.69, 9.17) is 21.8 Å². The molecule has 0 saturated heterocycles. The van der Waals surface area contributed by atoms with Crippen LogP contribution in [0.25, 0.3) is 0 Å². The summed E-state index contributed by atoms with van der Waals surface area (Å²) in [6, 6.07) is 5.57. The minimum Gasteiger partial charge on any atom is -0.480 e. The van der Waals surface area contributed by atoms with Crippen molar-refractivity contribution in [2.75, 3.05) is 13.1 Å². The van der Waals surface area contributed by atoms with Crippen LogP contribution < -0.4 is 5.32 Å². The number of carbonyl (C=O) groups excluding carboxylic acids is 1. The lowest BCUT2D eigenvalue weighted by atomic mass is 10.1. The van der Waals surface area contributed by atoms with Crippen molar-refractivity contribution in [2.45, 2.75) is 13.0 Å². The Morgan fingerprint density at radius 2 is 1.62 bits per heavy atom. The van der Waals surface area contributed by atoms with E-state index in [1.54, 1.807) is 31.2 Å². The molecule has 114 valence electrons. The number of rotatable bonds is 6. The van der Waals surface area contributed by atoms with Crippen LogP contribution in [-0.2, 0) is 9.59 Å². The topological polar surface area (TPSA) is 107 Å². The van der Waals surface area contributed by atoms with Gasteiger partial charge in [0.05, 0.1) is 6.04 Å². The second kappa shape index (κ2) is 7.49. The third kappa shape index (κ3) is 5.70. The molecule has 1 atom stereocenters. The zero-order chi connectivity index (χ0) is 16.0. The molecule has 7 nitrogen and oxygen atoms in total. The zero-order valence-corrected chi connectivity index (χ0v) is 12.0. The Labute approximate surface area is 126 Å². The molecule has 0 fully saturated rings. The highest BCUT2D eigenvalue weighted by atomic mass is 35.5. The van der Waals surface area contributed by atoms with Gasteiger partial charge in [0.15, 0.2) is 0 Å². The number of halogens is 1. The van der Waals surface area contributed by atoms with Crippen LogP contribution in [-0.4, -0.2) is 46.2 Å². The van der Waals surface area contributed by atoms with E-state index in [-0.39, 0.29) is 0 Å². The molecule has 3 N–H and O–H groups in total. The number of carboxylic acids is 2. The summed E-state index contributed by atoms with van der Waals surface area (Å²) in [4.78, 5) is 34.0. The average Bonchev–Trinajstić information content (AvgIpc) is 2.37. The molecule has 21 heavy (non-hydrogen) atoms. The number of nitrogens with zero attached hydrogens (tertiary/aromatic N) is 1. The predicted molar refractivity (Wildman–Crippen MR) is 75.2 cm³/mol. The van der Waals surface area contributed by atoms with E-state index in [0.717, 1.165) is 5.56 Å². The summed E-state index contributed by atoms with van der Waals surface area (Å²) < 4.78 is 0. The minimum absolute atomic E-state index is 0.417. The molecule has 1 unspecified atom stereocenters. The number of aliphatic carboxylic acids is 2. The van der Waals surface area contributed by atoms with Crippen molar-refractivity contribution in [3.8, 4) is 0 Å². The minimum atomic E-state index is -1.29. The van der Waals surface area contributed by atoms with E-state index in [0.29, 0.717) is 9.92 Å². The lowest BCUT2D eigenvalue weighted by Crippen LogP contribution is -2.45. The number of hydrogen-bond acceptors (Lipinski definition) is 3. The van der Waals surface area contributed by atoms with E-state index in [1.807, 2.05) is 0 Å². The highest BCUT2D eigenvalue weighted by molar-refractivity contribution is 6.30. The molecule has 1 aromatic rings. The maximum absolute atomic E-state index is 11.9. The summed E-state index contributed by atoms with van der Waals surface area (Å²) in [6.45, 7) is 0.317. The molecule has 8 heteroatoms. The van der Waals surface area contributed by atoms with Gasteiger partial charge in [-0.05, 0) is 24.6 Å². The Morgan fingerprint density at radius 1 is 1.14 bits per heavy atom. The summed E-state index contributed by atoms with van der Waals surface area (Å²) in [7, 11) is 0. The molecule has 0 heterocycles. The molecule has 0 aliphatic heterocycles. The normalized spacial score (nSPS) is 11.5. The standard InChI is InChI=1S/C13H15ClN2O5/c1-8(9-2-4-10(14)5-3-9)15-13(21)16(6-11(17)18)7-12(19)20/h2-5,8H,6-7H2,1H3,(H,15,21)(H,17,18)(H,19,20). The Kier molecular flexibility index (Phi) is 5.98. The molecular formula is C13H15ClN2O5. The van der Waals surface area contributed by atoms with Crippen LogP contribution in [0.2, 0.25) is 5.02 Å². The Hall–Kier alpha value is -2.28. The number of carbonyl (C=O) groups is 3. The van der Waals surface area contributed by atoms with Gasteiger partial charge in [-0.15, -0.1) is 0 Å². The summed E-state index contributed by atoms with van der Waals surface area (Å²) >= 11 is 5.76. The van der Waals surface area contributed by atoms with Gasteiger partial charge in [-0.1, -0.05) is 23.7 Å². The van der Waals surface area contributed by atoms with Crippen LogP contribution in [0.15, 0.2) is 24.3 Å². The fraction of sp³-hybridized carbons (Fsp3) is 0.308. The van der Waals surface area contributed by atoms with Crippen LogP contribution in [0.3, 0.4) is 0 Å². The van der Waals surface area contributed by atoms with E-state index in [2.05, 4.69) is 5.32 Å². The van der Waals surface area contributed by atoms with Crippen molar-refractivity contribution in [1.82, 2.24) is 10.2 Å². The molecule has 0 radical (unpaired) electrons. The molecule has 0 spiro atoms. The number of hydrogen-bond donors (Lipinski definition) is 3. The van der Waals surface area contributed by atoms with Gasteiger partial charge in [-0.25, -0.2) is 4.79 Å². The fourth-order valence-electron chi connectivity index (χ4n) is 1.64. The summed E-state index contributed by atoms with van der Waals surface area (Å²) in [5.41, 5.74) is 0.762. The Bertz CT molecular complexity index is 516. The van der Waals surface area contributed by atoms with Crippen LogP contribution in [0.5, 0.6) is 0 Å². The molecule has 0 bridgehead atoms. The van der Waals surface area contributed by atoms with Crippen molar-refractivity contribution in [1.29, 1.82) is 0 Å². The second-order valence-electron chi connectivity index (χ2n) is 4.37. The van der Waals surface area contributed by atoms with Gasteiger partial charge in [0, 0.05) is 5.02 Å². The average molecular weight is 315 g/mol. The number of urea groups is 1. The van der Waals surface area contributed by atoms with Crippen molar-refractivity contribution < 1.29 is 24.6 Å². The van der Waals surface area contributed by atoms with Crippen LogP contribution in [0, 0.1) is 0 Å². The number of carboxylic acid groups (broad SMARTS) is 2. The summed E-state index contributed by atoms with van der Waals surface area (Å²) in [5, 5.41) is 20.5. The molecule has 0 aliphatic carbocycles. The van der Waals surface area contributed by atoms with E-state index < -0.39 is 37.1 Å². The number of amides is 2. The van der Waals surface area contributed by atoms with Gasteiger partial charge < -0.3 is 20.4 Å². The molecule has 0 aromatic heterocycles. The molecule has 2 amide bonds. The molecule has 0 aliphatic rings. The monoisotopic (exact) mass is 314 g/mol. The Morgan fingerprint density at radius 3 is 2.05 bits per heavy atom. The lowest BCUT2D eigenvalue weighted by molar-refractivity contribution is -0.140. The number of nitrogens with one attached hydrogen (secondary N) is 1. The largest absolute Gasteiger partial charge is 0.480 e. The third-order valence-electron chi connectivity index (χ3n) is 2.65. The van der Waals surface area contributed by atoms with Crippen LogP contribution in [0.1, 0.15) is 18.5 Å². The highest BCUT2D eigenvalue weighted by Gasteiger charge is 2.21. The third-order valence-corrected chi connectivity index (χ3v) is 2.90. The predicted octanol–water partition coefficient (Wildman–Crippen LogP) is 1.58. The van der Waals surface area contributed by atoms with E-state index in [9.17, 15) is 14.4 Å². The molecule has 1 rings (SSSR count). The van der Waals surface area contributed by atoms with Gasteiger partial charge >= 0.3 is 18.0 Å². The van der Waals surface area contributed by atoms with Crippen molar-refractivity contribution in [3.05, 3.63) is 34.9 Å². The first kappa shape index (κ1) is 16.8. The highest BCUT2D eigenvalue weighted by Crippen LogP contribution is 2.16. The fourth-order valence-corrected chi connectivity index (χ4v) is 1.76. The Balaban J connectivity index is 2.73. The van der Waals surface area contributed by atoms with Crippen molar-refractivity contribution in [3.63, 3.8) is 0 Å². The van der Waals surface area contributed by atoms with Gasteiger partial charge in [-0.3, -0.25) is 9.59 Å². The van der Waals surface area contributed by atoms with Gasteiger partial charge in [0.25, 0.3) is 0 Å². The van der Waals surface area contributed by atoms with Crippen molar-refractivity contribution in [2.24, 2.45) is 0 Å². The molecule has 0 saturated carbocycles. The smallest absolute Gasteiger partial charge is 0.323 e. The quantitative estimate of drug-likeness (QED) is 0.739. The van der Waals surface area contributed by atoms with E-state index >= 15 is 0 Å². The van der Waals surface area contributed by atoms with Gasteiger partial charge in [0.2, 0.25) is 0 Å². The maximum atomic E-state index is 11.9. The SMILES string of the molecule is CC(NC(=O)N(CC(=O)O)CC(=O)O)c1ccc(Cl)cc1. The molecule has 1 aromatic carbocycles. The first-order valence-electron chi connectivity index (χ1n) is 6.04. The van der Waals surface area contributed by atoms with Gasteiger partial charge in [0.1, 0.15) is 13.1 Å². The maximum Gasteiger partial charge on any atom is 0.323 e.